The van der Waals surface area contributed by atoms with Gasteiger partial charge in [0.1, 0.15) is 12.4 Å². The summed E-state index contributed by atoms with van der Waals surface area (Å²) in [6.07, 6.45) is -1.54. The van der Waals surface area contributed by atoms with Crippen LogP contribution in [0.5, 0.6) is 0 Å². The lowest BCUT2D eigenvalue weighted by atomic mass is 10.0. The molecular weight excluding hydrogens is 244 g/mol. The van der Waals surface area contributed by atoms with E-state index in [0.29, 0.717) is 6.29 Å². The fourth-order valence-electron chi connectivity index (χ4n) is 1.94. The second-order valence-electron chi connectivity index (χ2n) is 3.97. The van der Waals surface area contributed by atoms with E-state index in [-0.39, 0.29) is 0 Å². The third kappa shape index (κ3) is 2.01. The van der Waals surface area contributed by atoms with Gasteiger partial charge in [-0.05, 0) is 0 Å². The van der Waals surface area contributed by atoms with Gasteiger partial charge in [-0.1, -0.05) is 0 Å². The summed E-state index contributed by atoms with van der Waals surface area (Å²) in [5, 5.41) is 18.7. The lowest BCUT2D eigenvalue weighted by Gasteiger charge is -2.16. The van der Waals surface area contributed by atoms with Crippen LogP contribution in [0.15, 0.2) is 21.9 Å². The molecule has 2 heterocycles. The lowest BCUT2D eigenvalue weighted by molar-refractivity contribution is -0.116. The first-order valence-corrected chi connectivity index (χ1v) is 5.29. The summed E-state index contributed by atoms with van der Waals surface area (Å²) in [5.74, 6) is -0.981. The van der Waals surface area contributed by atoms with Gasteiger partial charge in [-0.2, -0.15) is 0 Å². The topological polar surface area (TPSA) is 122 Å². The summed E-state index contributed by atoms with van der Waals surface area (Å²) in [6.45, 7) is -0.472. The van der Waals surface area contributed by atoms with Gasteiger partial charge in [-0.25, -0.2) is 4.79 Å². The van der Waals surface area contributed by atoms with Gasteiger partial charge in [-0.15, -0.1) is 0 Å². The van der Waals surface area contributed by atoms with Crippen molar-refractivity contribution in [1.82, 2.24) is 9.55 Å². The third-order valence-electron chi connectivity index (χ3n) is 2.88. The highest BCUT2D eigenvalue weighted by Gasteiger charge is 2.44. The number of hydrogen-bond donors (Lipinski definition) is 3. The van der Waals surface area contributed by atoms with Crippen LogP contribution in [0.25, 0.3) is 0 Å². The molecule has 4 atom stereocenters. The number of nitrogens with one attached hydrogen (secondary N) is 1. The summed E-state index contributed by atoms with van der Waals surface area (Å²) in [4.78, 5) is 35.4. The van der Waals surface area contributed by atoms with Crippen molar-refractivity contribution in [3.63, 3.8) is 0 Å². The van der Waals surface area contributed by atoms with Crippen LogP contribution in [0.4, 0.5) is 0 Å². The second kappa shape index (κ2) is 4.84. The number of ether oxygens (including phenoxy) is 1. The fourth-order valence-corrected chi connectivity index (χ4v) is 1.94. The van der Waals surface area contributed by atoms with Gasteiger partial charge in [0, 0.05) is 12.3 Å². The Bertz CT molecular complexity index is 550. The molecule has 3 N–H and O–H groups in total. The number of hydrogen-bond acceptors (Lipinski definition) is 6. The predicted octanol–water partition coefficient (Wildman–Crippen LogP) is -2.40. The molecule has 1 aromatic heterocycles. The number of aliphatic hydroxyl groups excluding tert-OH is 2. The number of aromatic amines is 1. The molecule has 1 aliphatic heterocycles. The van der Waals surface area contributed by atoms with Gasteiger partial charge >= 0.3 is 5.69 Å². The molecule has 98 valence electrons. The average molecular weight is 256 g/mol. The number of rotatable bonds is 3. The summed E-state index contributed by atoms with van der Waals surface area (Å²) < 4.78 is 6.24. The van der Waals surface area contributed by atoms with Gasteiger partial charge in [-0.3, -0.25) is 14.3 Å². The predicted molar refractivity (Wildman–Crippen MR) is 57.9 cm³/mol. The number of aromatic nitrogens is 2. The summed E-state index contributed by atoms with van der Waals surface area (Å²) in [7, 11) is 0. The molecule has 0 unspecified atom stereocenters. The van der Waals surface area contributed by atoms with Crippen LogP contribution in [0.1, 0.15) is 6.23 Å². The van der Waals surface area contributed by atoms with E-state index in [1.807, 2.05) is 4.98 Å². The summed E-state index contributed by atoms with van der Waals surface area (Å²) in [5.41, 5.74) is -1.32. The molecule has 0 saturated carbocycles. The molecule has 1 saturated heterocycles. The second-order valence-corrected chi connectivity index (χ2v) is 3.97. The number of carbonyl (C=O) groups excluding carboxylic acids is 1. The van der Waals surface area contributed by atoms with Gasteiger partial charge in [0.05, 0.1) is 18.6 Å². The first kappa shape index (κ1) is 12.7. The van der Waals surface area contributed by atoms with Crippen LogP contribution in [-0.2, 0) is 9.53 Å². The zero-order chi connectivity index (χ0) is 13.3. The Morgan fingerprint density at radius 1 is 1.50 bits per heavy atom. The van der Waals surface area contributed by atoms with Crippen LogP contribution < -0.4 is 11.2 Å². The highest BCUT2D eigenvalue weighted by molar-refractivity contribution is 5.56. The van der Waals surface area contributed by atoms with E-state index < -0.39 is 42.2 Å². The van der Waals surface area contributed by atoms with Crippen molar-refractivity contribution in [1.29, 1.82) is 0 Å². The van der Waals surface area contributed by atoms with Crippen molar-refractivity contribution >= 4 is 6.29 Å². The van der Waals surface area contributed by atoms with Crippen molar-refractivity contribution in [2.24, 2.45) is 5.92 Å². The standard InChI is InChI=1S/C10H12N2O6/c13-3-5-8(16)6(4-14)18-9(5)12-2-1-7(15)11-10(12)17/h1-3,5-6,8-9,14,16H,4H2,(H,11,15,17)/t5-,6-,8+,9-/m1/s1. The smallest absolute Gasteiger partial charge is 0.330 e. The fraction of sp³-hybridized carbons (Fsp3) is 0.500. The molecule has 1 aromatic rings. The van der Waals surface area contributed by atoms with E-state index in [0.717, 1.165) is 10.6 Å². The average Bonchev–Trinajstić information content (AvgIpc) is 2.65. The zero-order valence-electron chi connectivity index (χ0n) is 9.22. The summed E-state index contributed by atoms with van der Waals surface area (Å²) in [6, 6.07) is 1.10. The van der Waals surface area contributed by atoms with E-state index in [2.05, 4.69) is 0 Å². The van der Waals surface area contributed by atoms with Crippen molar-refractivity contribution in [3.05, 3.63) is 33.1 Å². The maximum Gasteiger partial charge on any atom is 0.330 e. The normalized spacial score (nSPS) is 31.4. The van der Waals surface area contributed by atoms with Gasteiger partial charge in [0.25, 0.3) is 5.56 Å². The Kier molecular flexibility index (Phi) is 3.41. The molecular formula is C10H12N2O6. The lowest BCUT2D eigenvalue weighted by Crippen LogP contribution is -2.35. The number of carbonyl (C=O) groups is 1. The van der Waals surface area contributed by atoms with Crippen molar-refractivity contribution < 1.29 is 19.7 Å². The molecule has 1 aliphatic rings. The number of aldehydes is 1. The molecule has 18 heavy (non-hydrogen) atoms. The summed E-state index contributed by atoms with van der Waals surface area (Å²) >= 11 is 0. The van der Waals surface area contributed by atoms with Crippen molar-refractivity contribution in [2.45, 2.75) is 18.4 Å². The van der Waals surface area contributed by atoms with E-state index in [1.54, 1.807) is 0 Å². The van der Waals surface area contributed by atoms with Crippen LogP contribution >= 0.6 is 0 Å². The zero-order valence-corrected chi connectivity index (χ0v) is 9.22. The quantitative estimate of drug-likeness (QED) is 0.518. The van der Waals surface area contributed by atoms with Crippen LogP contribution in [0.3, 0.4) is 0 Å². The van der Waals surface area contributed by atoms with Gasteiger partial charge in [0.2, 0.25) is 0 Å². The van der Waals surface area contributed by atoms with Crippen LogP contribution in [-0.4, -0.2) is 44.9 Å². The van der Waals surface area contributed by atoms with Crippen LogP contribution in [0.2, 0.25) is 0 Å². The van der Waals surface area contributed by atoms with E-state index in [1.165, 1.54) is 6.20 Å². The molecule has 0 amide bonds. The van der Waals surface area contributed by atoms with Crippen molar-refractivity contribution in [3.8, 4) is 0 Å². The maximum absolute atomic E-state index is 11.6. The number of nitrogens with zero attached hydrogens (tertiary/aromatic N) is 1. The maximum atomic E-state index is 11.6. The molecule has 0 spiro atoms. The molecule has 1 fully saturated rings. The monoisotopic (exact) mass is 256 g/mol. The van der Waals surface area contributed by atoms with E-state index >= 15 is 0 Å². The molecule has 0 radical (unpaired) electrons. The Hall–Kier alpha value is -1.77. The molecule has 8 heteroatoms. The minimum atomic E-state index is -1.20. The Balaban J connectivity index is 2.41. The van der Waals surface area contributed by atoms with Gasteiger partial charge < -0.3 is 19.7 Å². The molecule has 0 bridgehead atoms. The molecule has 8 nitrogen and oxygen atoms in total. The largest absolute Gasteiger partial charge is 0.394 e. The van der Waals surface area contributed by atoms with Gasteiger partial charge in [0.15, 0.2) is 6.23 Å². The van der Waals surface area contributed by atoms with Crippen molar-refractivity contribution in [2.75, 3.05) is 6.61 Å². The minimum Gasteiger partial charge on any atom is -0.394 e. The first-order valence-electron chi connectivity index (χ1n) is 5.29. The van der Waals surface area contributed by atoms with E-state index in [4.69, 9.17) is 9.84 Å². The Morgan fingerprint density at radius 3 is 2.78 bits per heavy atom. The number of H-pyrrole nitrogens is 1. The highest BCUT2D eigenvalue weighted by Crippen LogP contribution is 2.32. The Labute approximate surface area is 100 Å². The van der Waals surface area contributed by atoms with Crippen LogP contribution in [0, 0.1) is 5.92 Å². The number of aliphatic hydroxyl groups is 2. The third-order valence-corrected chi connectivity index (χ3v) is 2.88. The van der Waals surface area contributed by atoms with E-state index in [9.17, 15) is 19.5 Å². The molecule has 0 aromatic carbocycles. The molecule has 0 aliphatic carbocycles. The minimum absolute atomic E-state index is 0.461. The SMILES string of the molecule is O=C[C@@H]1[C@H](O)[C@@H](CO)O[C@H]1n1ccc(=O)[nH]c1=O. The Morgan fingerprint density at radius 2 is 2.22 bits per heavy atom. The first-order chi connectivity index (χ1) is 8.58. The highest BCUT2D eigenvalue weighted by atomic mass is 16.5. The molecule has 2 rings (SSSR count).